The number of pyridine rings is 1. The maximum absolute atomic E-state index is 12.2. The molecule has 1 N–H and O–H groups in total. The fourth-order valence-corrected chi connectivity index (χ4v) is 6.10. The van der Waals surface area contributed by atoms with Gasteiger partial charge < -0.3 is 5.11 Å². The number of hydrogen-bond acceptors (Lipinski definition) is 6. The average Bonchev–Trinajstić information content (AvgIpc) is 2.81. The number of hydrogen-bond donors (Lipinski definition) is 1. The molecule has 0 saturated carbocycles. The molecule has 0 radical (unpaired) electrons. The van der Waals surface area contributed by atoms with Gasteiger partial charge in [0.2, 0.25) is 0 Å². The minimum Gasteiger partial charge on any atom is -0.391 e. The fourth-order valence-electron chi connectivity index (χ4n) is 3.42. The first kappa shape index (κ1) is 25.0. The predicted molar refractivity (Wildman–Crippen MR) is 135 cm³/mol. The minimum atomic E-state index is -3.32. The van der Waals surface area contributed by atoms with Crippen molar-refractivity contribution in [1.29, 1.82) is 5.26 Å². The minimum absolute atomic E-state index is 0.0774. The first-order valence-corrected chi connectivity index (χ1v) is 13.7. The average molecular weight is 481 g/mol. The summed E-state index contributed by atoms with van der Waals surface area (Å²) in [5, 5.41) is 20.8. The largest absolute Gasteiger partial charge is 0.391 e. The Morgan fingerprint density at radius 1 is 1.09 bits per heavy atom. The van der Waals surface area contributed by atoms with E-state index in [2.05, 4.69) is 6.07 Å². The van der Waals surface area contributed by atoms with Crippen molar-refractivity contribution < 1.29 is 13.5 Å². The van der Waals surface area contributed by atoms with Crippen LogP contribution in [0.25, 0.3) is 22.4 Å². The van der Waals surface area contributed by atoms with Gasteiger partial charge in [-0.2, -0.15) is 5.26 Å². The van der Waals surface area contributed by atoms with Crippen LogP contribution in [-0.2, 0) is 9.84 Å². The number of unbranched alkanes of at least 4 members (excludes halogenated alkanes) is 1. The third-order valence-corrected chi connectivity index (χ3v) is 8.12. The molecule has 5 nitrogen and oxygen atoms in total. The van der Waals surface area contributed by atoms with Crippen LogP contribution in [0.4, 0.5) is 0 Å². The second-order valence-electron chi connectivity index (χ2n) is 8.01. The van der Waals surface area contributed by atoms with Gasteiger partial charge in [0.25, 0.3) is 0 Å². The van der Waals surface area contributed by atoms with Crippen molar-refractivity contribution in [3.63, 3.8) is 0 Å². The van der Waals surface area contributed by atoms with Gasteiger partial charge >= 0.3 is 0 Å². The smallest absolute Gasteiger partial charge is 0.152 e. The molecule has 0 saturated heterocycles. The van der Waals surface area contributed by atoms with Crippen molar-refractivity contribution in [3.8, 4) is 28.5 Å². The molecule has 2 aromatic carbocycles. The van der Waals surface area contributed by atoms with E-state index in [4.69, 9.17) is 4.98 Å². The van der Waals surface area contributed by atoms with Gasteiger partial charge in [-0.15, -0.1) is 11.8 Å². The van der Waals surface area contributed by atoms with Crippen molar-refractivity contribution in [3.05, 3.63) is 71.8 Å². The lowest BCUT2D eigenvalue weighted by atomic mass is 9.99. The number of nitriles is 1. The van der Waals surface area contributed by atoms with Gasteiger partial charge in [-0.3, -0.25) is 0 Å². The molecule has 1 aromatic heterocycles. The molecule has 33 heavy (non-hydrogen) atoms. The predicted octanol–water partition coefficient (Wildman–Crippen LogP) is 5.26. The van der Waals surface area contributed by atoms with Crippen LogP contribution < -0.4 is 0 Å². The number of thioether (sulfide) groups is 1. The van der Waals surface area contributed by atoms with Crippen LogP contribution >= 0.6 is 11.8 Å². The summed E-state index contributed by atoms with van der Waals surface area (Å²) in [5.41, 5.74) is 4.86. The Balaban J connectivity index is 1.95. The second kappa shape index (κ2) is 11.5. The summed E-state index contributed by atoms with van der Waals surface area (Å²) in [6.07, 6.45) is 0.336. The summed E-state index contributed by atoms with van der Waals surface area (Å²) in [4.78, 5) is 4.73. The van der Waals surface area contributed by atoms with E-state index in [0.717, 1.165) is 34.4 Å². The molecule has 0 fully saturated rings. The summed E-state index contributed by atoms with van der Waals surface area (Å²) in [6, 6.07) is 21.8. The highest BCUT2D eigenvalue weighted by Crippen LogP contribution is 2.34. The van der Waals surface area contributed by atoms with E-state index >= 15 is 0 Å². The lowest BCUT2D eigenvalue weighted by Crippen LogP contribution is -2.25. The van der Waals surface area contributed by atoms with E-state index in [1.54, 1.807) is 0 Å². The third-order valence-electron chi connectivity index (χ3n) is 5.20. The molecule has 0 aliphatic heterocycles. The molecular formula is C26H28N2O3S2. The molecule has 0 aliphatic carbocycles. The van der Waals surface area contributed by atoms with Gasteiger partial charge in [-0.05, 0) is 25.0 Å². The fraction of sp³-hybridized carbons (Fsp3) is 0.308. The third kappa shape index (κ3) is 6.91. The Kier molecular flexibility index (Phi) is 8.67. The number of nitrogens with zero attached hydrogens (tertiary/aromatic N) is 2. The number of aromatic nitrogens is 1. The van der Waals surface area contributed by atoms with E-state index in [1.165, 1.54) is 11.8 Å². The molecule has 1 atom stereocenters. The molecule has 1 unspecified atom stereocenters. The molecule has 0 amide bonds. The van der Waals surface area contributed by atoms with Crippen LogP contribution in [0.3, 0.4) is 0 Å². The monoisotopic (exact) mass is 480 g/mol. The molecule has 7 heteroatoms. The van der Waals surface area contributed by atoms with Gasteiger partial charge in [0.15, 0.2) is 9.84 Å². The first-order valence-electron chi connectivity index (χ1n) is 10.9. The van der Waals surface area contributed by atoms with Crippen LogP contribution in [0.5, 0.6) is 0 Å². The summed E-state index contributed by atoms with van der Waals surface area (Å²) < 4.78 is 24.4. The van der Waals surface area contributed by atoms with Crippen LogP contribution in [0.2, 0.25) is 0 Å². The Bertz CT molecular complexity index is 1220. The Morgan fingerprint density at radius 2 is 1.79 bits per heavy atom. The van der Waals surface area contributed by atoms with Gasteiger partial charge in [-0.1, -0.05) is 73.5 Å². The molecule has 172 valence electrons. The van der Waals surface area contributed by atoms with Crippen LogP contribution in [0.1, 0.15) is 30.9 Å². The quantitative estimate of drug-likeness (QED) is 0.398. The Hall–Kier alpha value is -2.66. The standard InChI is InChI=1S/C26H28N2O3S2/c1-3-4-14-33(30,31)18-22(29)17-32-26-24(16-27)23(20-8-6-5-7-9-20)15-25(28-26)21-12-10-19(2)11-13-21/h5-13,15,22,29H,3-4,14,17-18H2,1-2H3. The zero-order chi connectivity index (χ0) is 23.8. The summed E-state index contributed by atoms with van der Waals surface area (Å²) >= 11 is 1.22. The molecule has 0 spiro atoms. The normalized spacial score (nSPS) is 12.3. The van der Waals surface area contributed by atoms with Gasteiger partial charge in [0, 0.05) is 16.9 Å². The summed E-state index contributed by atoms with van der Waals surface area (Å²) in [5.74, 6) is -0.0717. The maximum Gasteiger partial charge on any atom is 0.152 e. The van der Waals surface area contributed by atoms with E-state index in [0.29, 0.717) is 17.0 Å². The van der Waals surface area contributed by atoms with Crippen molar-refractivity contribution >= 4 is 21.6 Å². The maximum atomic E-state index is 12.2. The molecule has 0 bridgehead atoms. The highest BCUT2D eigenvalue weighted by Gasteiger charge is 2.20. The van der Waals surface area contributed by atoms with Crippen LogP contribution in [0.15, 0.2) is 65.7 Å². The second-order valence-corrected chi connectivity index (χ2v) is 11.2. The molecule has 3 aromatic rings. The number of aryl methyl sites for hydroxylation is 1. The number of aliphatic hydroxyl groups is 1. The van der Waals surface area contributed by atoms with E-state index in [9.17, 15) is 18.8 Å². The van der Waals surface area contributed by atoms with Crippen molar-refractivity contribution in [2.45, 2.75) is 37.8 Å². The van der Waals surface area contributed by atoms with Crippen molar-refractivity contribution in [1.82, 2.24) is 4.98 Å². The Labute approximate surface area is 200 Å². The lowest BCUT2D eigenvalue weighted by Gasteiger charge is -2.15. The van der Waals surface area contributed by atoms with Crippen LogP contribution in [-0.4, -0.2) is 41.9 Å². The lowest BCUT2D eigenvalue weighted by molar-refractivity contribution is 0.222. The van der Waals surface area contributed by atoms with Crippen LogP contribution in [0, 0.1) is 18.3 Å². The topological polar surface area (TPSA) is 91.1 Å². The zero-order valence-electron chi connectivity index (χ0n) is 18.9. The highest BCUT2D eigenvalue weighted by molar-refractivity contribution is 7.99. The number of sulfone groups is 1. The number of benzene rings is 2. The molecule has 3 rings (SSSR count). The Morgan fingerprint density at radius 3 is 2.42 bits per heavy atom. The van der Waals surface area contributed by atoms with E-state index in [-0.39, 0.29) is 17.3 Å². The molecule has 1 heterocycles. The number of aliphatic hydroxyl groups excluding tert-OH is 1. The molecule has 0 aliphatic rings. The van der Waals surface area contributed by atoms with E-state index < -0.39 is 15.9 Å². The first-order chi connectivity index (χ1) is 15.8. The van der Waals surface area contributed by atoms with Gasteiger partial charge in [-0.25, -0.2) is 13.4 Å². The summed E-state index contributed by atoms with van der Waals surface area (Å²) in [6.45, 7) is 3.95. The van der Waals surface area contributed by atoms with E-state index in [1.807, 2.05) is 74.5 Å². The van der Waals surface area contributed by atoms with Crippen molar-refractivity contribution in [2.24, 2.45) is 0 Å². The molecular weight excluding hydrogens is 452 g/mol. The SMILES string of the molecule is CCCCS(=O)(=O)CC(O)CSc1nc(-c2ccc(C)cc2)cc(-c2ccccc2)c1C#N. The zero-order valence-corrected chi connectivity index (χ0v) is 20.5. The highest BCUT2D eigenvalue weighted by atomic mass is 32.2. The van der Waals surface area contributed by atoms with Gasteiger partial charge in [0.05, 0.1) is 28.9 Å². The number of rotatable bonds is 10. The summed E-state index contributed by atoms with van der Waals surface area (Å²) in [7, 11) is -3.32. The van der Waals surface area contributed by atoms with Gasteiger partial charge in [0.1, 0.15) is 11.1 Å². The van der Waals surface area contributed by atoms with Crippen molar-refractivity contribution in [2.75, 3.05) is 17.3 Å².